The molecule has 364 valence electrons. The van der Waals surface area contributed by atoms with Gasteiger partial charge in [0, 0.05) is 36.3 Å². The largest absolute Gasteiger partial charge is 0.465 e. The van der Waals surface area contributed by atoms with Gasteiger partial charge in [-0.1, -0.05) is 19.2 Å². The Hall–Kier alpha value is -7.93. The van der Waals surface area contributed by atoms with Crippen LogP contribution in [0.4, 0.5) is 5.69 Å². The van der Waals surface area contributed by atoms with E-state index < -0.39 is 58.4 Å². The van der Waals surface area contributed by atoms with Crippen LogP contribution < -0.4 is 23.7 Å². The Balaban J connectivity index is 0.913. The molecule has 5 aromatic rings. The fourth-order valence-electron chi connectivity index (χ4n) is 7.90. The van der Waals surface area contributed by atoms with E-state index in [0.717, 1.165) is 17.7 Å². The number of non-ortho nitro benzene ring substituents is 1. The molecular weight excluding hydrogens is 929 g/mol. The molecule has 0 atom stereocenters. The third-order valence-electron chi connectivity index (χ3n) is 11.8. The maximum atomic E-state index is 13.6. The maximum Gasteiger partial charge on any atom is 0.333 e. The highest BCUT2D eigenvalue weighted by Gasteiger charge is 2.34. The molecule has 0 N–H and O–H groups in total. The Morgan fingerprint density at radius 3 is 1.49 bits per heavy atom. The summed E-state index contributed by atoms with van der Waals surface area (Å²) in [5.74, 6) is -2.92. The van der Waals surface area contributed by atoms with E-state index in [0.29, 0.717) is 102 Å². The number of thiazole rings is 1. The van der Waals surface area contributed by atoms with Gasteiger partial charge in [0.25, 0.3) is 5.69 Å². The first-order valence-corrected chi connectivity index (χ1v) is 23.2. The molecule has 0 radical (unpaired) electrons. The van der Waals surface area contributed by atoms with Crippen molar-refractivity contribution >= 4 is 63.1 Å². The van der Waals surface area contributed by atoms with Crippen molar-refractivity contribution in [1.29, 1.82) is 0 Å². The predicted molar refractivity (Wildman–Crippen MR) is 251 cm³/mol. The first kappa shape index (κ1) is 50.0. The SMILES string of the molecule is C=CC(=O)OCOc1ccc(OC(=O)C2CCC(C(=O)OCCc3ccc(OC(=O)C4CCC(C(=O)Oc5ccc(OCOC(=O)C=C)cc5)CC4)c4nc(-c5ccc([N+](=O)[O-])cc5)sc34)CC2)cc1. The van der Waals surface area contributed by atoms with Gasteiger partial charge in [-0.2, -0.15) is 0 Å². The molecule has 0 saturated heterocycles. The van der Waals surface area contributed by atoms with Crippen molar-refractivity contribution < 1.29 is 71.6 Å². The van der Waals surface area contributed by atoms with E-state index in [1.54, 1.807) is 72.8 Å². The Morgan fingerprint density at radius 2 is 1.03 bits per heavy atom. The van der Waals surface area contributed by atoms with Crippen molar-refractivity contribution in [3.05, 3.63) is 126 Å². The van der Waals surface area contributed by atoms with Gasteiger partial charge in [0.05, 0.1) is 39.9 Å². The number of nitro benzene ring substituents is 1. The van der Waals surface area contributed by atoms with Gasteiger partial charge in [0.1, 0.15) is 33.5 Å². The first-order chi connectivity index (χ1) is 33.9. The lowest BCUT2D eigenvalue weighted by Gasteiger charge is -2.26. The second-order valence-electron chi connectivity index (χ2n) is 16.3. The number of ether oxygens (including phenoxy) is 8. The van der Waals surface area contributed by atoms with Gasteiger partial charge in [0.2, 0.25) is 13.6 Å². The van der Waals surface area contributed by atoms with Crippen molar-refractivity contribution in [1.82, 2.24) is 4.98 Å². The first-order valence-electron chi connectivity index (χ1n) is 22.4. The molecule has 1 heterocycles. The average Bonchev–Trinajstić information content (AvgIpc) is 3.84. The monoisotopic (exact) mass is 976 g/mol. The molecule has 7 rings (SSSR count). The number of esters is 6. The van der Waals surface area contributed by atoms with Crippen LogP contribution in [0.1, 0.15) is 56.9 Å². The van der Waals surface area contributed by atoms with E-state index >= 15 is 0 Å². The molecule has 0 aliphatic heterocycles. The minimum absolute atomic E-state index is 0.0522. The molecule has 0 bridgehead atoms. The number of benzene rings is 4. The highest BCUT2D eigenvalue weighted by atomic mass is 32.1. The molecule has 19 heteroatoms. The topological polar surface area (TPSA) is 232 Å². The van der Waals surface area contributed by atoms with Crippen LogP contribution in [0.25, 0.3) is 20.8 Å². The molecule has 2 saturated carbocycles. The zero-order chi connectivity index (χ0) is 49.6. The maximum absolute atomic E-state index is 13.6. The van der Waals surface area contributed by atoms with E-state index in [4.69, 9.17) is 42.9 Å². The molecule has 2 fully saturated rings. The highest BCUT2D eigenvalue weighted by Crippen LogP contribution is 2.40. The summed E-state index contributed by atoms with van der Waals surface area (Å²) in [4.78, 5) is 90.9. The second kappa shape index (κ2) is 23.9. The van der Waals surface area contributed by atoms with E-state index in [-0.39, 0.29) is 37.6 Å². The van der Waals surface area contributed by atoms with Crippen molar-refractivity contribution in [2.24, 2.45) is 23.7 Å². The van der Waals surface area contributed by atoms with Gasteiger partial charge in [-0.15, -0.1) is 11.3 Å². The summed E-state index contributed by atoms with van der Waals surface area (Å²) in [6.07, 6.45) is 5.74. The number of fused-ring (bicyclic) bond motifs is 1. The summed E-state index contributed by atoms with van der Waals surface area (Å²) in [5, 5.41) is 11.9. The number of carbonyl (C=O) groups excluding carboxylic acids is 6. The number of aromatic nitrogens is 1. The quantitative estimate of drug-likeness (QED) is 0.0135. The minimum Gasteiger partial charge on any atom is -0.465 e. The molecule has 2 aliphatic rings. The lowest BCUT2D eigenvalue weighted by atomic mass is 9.82. The number of nitrogens with zero attached hydrogens (tertiary/aromatic N) is 2. The third-order valence-corrected chi connectivity index (χ3v) is 13.0. The Kier molecular flexibility index (Phi) is 17.0. The van der Waals surface area contributed by atoms with Crippen LogP contribution in [0.2, 0.25) is 0 Å². The Labute approximate surface area is 405 Å². The molecule has 0 unspecified atom stereocenters. The molecular formula is C51H48N2O16S. The van der Waals surface area contributed by atoms with Gasteiger partial charge < -0.3 is 37.9 Å². The second-order valence-corrected chi connectivity index (χ2v) is 17.3. The van der Waals surface area contributed by atoms with Crippen LogP contribution in [-0.2, 0) is 49.4 Å². The predicted octanol–water partition coefficient (Wildman–Crippen LogP) is 8.82. The number of rotatable bonds is 20. The van der Waals surface area contributed by atoms with E-state index in [9.17, 15) is 38.9 Å². The van der Waals surface area contributed by atoms with Gasteiger partial charge >= 0.3 is 35.8 Å². The summed E-state index contributed by atoms with van der Waals surface area (Å²) in [6.45, 7) is 6.09. The van der Waals surface area contributed by atoms with Crippen LogP contribution in [0.5, 0.6) is 28.7 Å². The molecule has 0 amide bonds. The Bertz CT molecular complexity index is 2720. The average molecular weight is 977 g/mol. The highest BCUT2D eigenvalue weighted by molar-refractivity contribution is 7.21. The summed E-state index contributed by atoms with van der Waals surface area (Å²) in [5.41, 5.74) is 1.73. The van der Waals surface area contributed by atoms with Crippen molar-refractivity contribution in [3.63, 3.8) is 0 Å². The van der Waals surface area contributed by atoms with Crippen LogP contribution in [-0.4, -0.2) is 65.9 Å². The smallest absolute Gasteiger partial charge is 0.333 e. The Morgan fingerprint density at radius 1 is 0.586 bits per heavy atom. The molecule has 1 aromatic heterocycles. The van der Waals surface area contributed by atoms with Crippen molar-refractivity contribution in [3.8, 4) is 39.3 Å². The van der Waals surface area contributed by atoms with Crippen LogP contribution in [0.15, 0.2) is 110 Å². The summed E-state index contributed by atoms with van der Waals surface area (Å²) < 4.78 is 43.8. The fourth-order valence-corrected chi connectivity index (χ4v) is 9.03. The number of hydrogen-bond acceptors (Lipinski definition) is 18. The number of hydrogen-bond donors (Lipinski definition) is 0. The van der Waals surface area contributed by atoms with Gasteiger partial charge in [0.15, 0.2) is 5.75 Å². The number of carbonyl (C=O) groups is 6. The summed E-state index contributed by atoms with van der Waals surface area (Å²) >= 11 is 1.31. The third kappa shape index (κ3) is 13.4. The molecule has 4 aromatic carbocycles. The normalized spacial score (nSPS) is 17.5. The molecule has 2 aliphatic carbocycles. The van der Waals surface area contributed by atoms with Gasteiger partial charge in [-0.05, 0) is 124 Å². The van der Waals surface area contributed by atoms with Crippen LogP contribution in [0.3, 0.4) is 0 Å². The zero-order valence-corrected chi connectivity index (χ0v) is 38.6. The minimum atomic E-state index is -0.622. The van der Waals surface area contributed by atoms with Gasteiger partial charge in [-0.25, -0.2) is 14.6 Å². The lowest BCUT2D eigenvalue weighted by Crippen LogP contribution is -2.30. The van der Waals surface area contributed by atoms with E-state index in [1.807, 2.05) is 0 Å². The van der Waals surface area contributed by atoms with Crippen LogP contribution in [0, 0.1) is 33.8 Å². The van der Waals surface area contributed by atoms with Gasteiger partial charge in [-0.3, -0.25) is 29.3 Å². The van der Waals surface area contributed by atoms with E-state index in [2.05, 4.69) is 13.2 Å². The fraction of sp³-hybridized carbons (Fsp3) is 0.314. The van der Waals surface area contributed by atoms with Crippen molar-refractivity contribution in [2.75, 3.05) is 20.2 Å². The van der Waals surface area contributed by atoms with Crippen LogP contribution >= 0.6 is 11.3 Å². The number of nitro groups is 1. The van der Waals surface area contributed by atoms with E-state index in [1.165, 1.54) is 23.5 Å². The molecule has 70 heavy (non-hydrogen) atoms. The van der Waals surface area contributed by atoms with Crippen molar-refractivity contribution in [2.45, 2.75) is 57.8 Å². The molecule has 18 nitrogen and oxygen atoms in total. The summed E-state index contributed by atoms with van der Waals surface area (Å²) in [6, 6.07) is 21.9. The standard InChI is InChI=1S/C51H48N2O16S/c1-3-43(54)65-29-63-38-18-22-40(23-19-38)67-49(57)34-7-5-33(6-8-34)48(56)62-28-27-31-15-26-42(45-46(31)70-47(52-45)32-13-16-37(17-14-32)53(60)61)69-51(59)36-11-9-35(10-12-36)50(58)68-41-24-20-39(21-25-41)64-30-66-44(55)4-2/h3-4,13-26,33-36H,1-2,5-12,27-30H2. The lowest BCUT2D eigenvalue weighted by molar-refractivity contribution is -0.384. The summed E-state index contributed by atoms with van der Waals surface area (Å²) in [7, 11) is 0. The molecule has 0 spiro atoms. The zero-order valence-electron chi connectivity index (χ0n) is 37.8.